The molecule has 0 fully saturated rings. The SMILES string of the molecule is CC(C)c1cccc(Oc2ncc(N)s2)c1. The van der Waals surface area contributed by atoms with Gasteiger partial charge in [0.15, 0.2) is 0 Å². The number of thiazole rings is 1. The number of nitrogens with zero attached hydrogens (tertiary/aromatic N) is 1. The fourth-order valence-electron chi connectivity index (χ4n) is 1.36. The Kier molecular flexibility index (Phi) is 3.10. The van der Waals surface area contributed by atoms with Crippen molar-refractivity contribution in [2.24, 2.45) is 0 Å². The van der Waals surface area contributed by atoms with Gasteiger partial charge < -0.3 is 10.5 Å². The van der Waals surface area contributed by atoms with Gasteiger partial charge in [-0.05, 0) is 23.6 Å². The molecule has 2 rings (SSSR count). The first kappa shape index (κ1) is 11.0. The van der Waals surface area contributed by atoms with Crippen LogP contribution in [-0.4, -0.2) is 4.98 Å². The lowest BCUT2D eigenvalue weighted by Gasteiger charge is -2.07. The lowest BCUT2D eigenvalue weighted by Crippen LogP contribution is -1.88. The fraction of sp³-hybridized carbons (Fsp3) is 0.250. The summed E-state index contributed by atoms with van der Waals surface area (Å²) in [5, 5.41) is 1.24. The van der Waals surface area contributed by atoms with E-state index in [9.17, 15) is 0 Å². The zero-order chi connectivity index (χ0) is 11.5. The largest absolute Gasteiger partial charge is 0.431 e. The molecule has 0 radical (unpaired) electrons. The van der Waals surface area contributed by atoms with Crippen molar-refractivity contribution in [2.75, 3.05) is 5.73 Å². The molecule has 0 atom stereocenters. The Balaban J connectivity index is 2.18. The van der Waals surface area contributed by atoms with Gasteiger partial charge in [0.05, 0.1) is 6.20 Å². The number of hydrogen-bond acceptors (Lipinski definition) is 4. The molecule has 0 bridgehead atoms. The van der Waals surface area contributed by atoms with Crippen LogP contribution < -0.4 is 10.5 Å². The summed E-state index contributed by atoms with van der Waals surface area (Å²) >= 11 is 1.34. The summed E-state index contributed by atoms with van der Waals surface area (Å²) in [6, 6.07) is 8.03. The fourth-order valence-corrected chi connectivity index (χ4v) is 1.91. The maximum Gasteiger partial charge on any atom is 0.280 e. The summed E-state index contributed by atoms with van der Waals surface area (Å²) in [7, 11) is 0. The maximum absolute atomic E-state index is 5.62. The molecule has 84 valence electrons. The van der Waals surface area contributed by atoms with E-state index in [1.54, 1.807) is 6.20 Å². The predicted molar refractivity (Wildman–Crippen MR) is 67.1 cm³/mol. The van der Waals surface area contributed by atoms with Gasteiger partial charge in [0, 0.05) is 0 Å². The Morgan fingerprint density at radius 3 is 2.81 bits per heavy atom. The van der Waals surface area contributed by atoms with E-state index in [0.29, 0.717) is 16.1 Å². The molecule has 4 heteroatoms. The second-order valence-corrected chi connectivity index (χ2v) is 4.88. The second-order valence-electron chi connectivity index (χ2n) is 3.86. The molecule has 0 unspecified atom stereocenters. The van der Waals surface area contributed by atoms with Crippen molar-refractivity contribution >= 4 is 16.3 Å². The molecule has 0 aliphatic rings. The molecule has 2 N–H and O–H groups in total. The number of nitrogens with two attached hydrogens (primary N) is 1. The van der Waals surface area contributed by atoms with Gasteiger partial charge >= 0.3 is 0 Å². The average molecular weight is 234 g/mol. The van der Waals surface area contributed by atoms with Crippen LogP contribution in [0.1, 0.15) is 25.3 Å². The van der Waals surface area contributed by atoms with Crippen LogP contribution in [0.2, 0.25) is 0 Å². The molecule has 2 aromatic rings. The third-order valence-corrected chi connectivity index (χ3v) is 2.94. The van der Waals surface area contributed by atoms with Crippen LogP contribution in [0.4, 0.5) is 5.00 Å². The number of rotatable bonds is 3. The van der Waals surface area contributed by atoms with Gasteiger partial charge in [0.1, 0.15) is 10.8 Å². The van der Waals surface area contributed by atoms with Gasteiger partial charge in [-0.2, -0.15) is 0 Å². The number of ether oxygens (including phenoxy) is 1. The zero-order valence-electron chi connectivity index (χ0n) is 9.31. The van der Waals surface area contributed by atoms with Crippen molar-refractivity contribution < 1.29 is 4.74 Å². The van der Waals surface area contributed by atoms with Crippen molar-refractivity contribution in [3.63, 3.8) is 0 Å². The Morgan fingerprint density at radius 2 is 2.19 bits per heavy atom. The number of hydrogen-bond donors (Lipinski definition) is 1. The molecule has 1 heterocycles. The van der Waals surface area contributed by atoms with Crippen LogP contribution >= 0.6 is 11.3 Å². The number of benzene rings is 1. The van der Waals surface area contributed by atoms with Crippen LogP contribution in [0.25, 0.3) is 0 Å². The molecule has 0 aliphatic carbocycles. The van der Waals surface area contributed by atoms with Crippen LogP contribution in [0.15, 0.2) is 30.5 Å². The van der Waals surface area contributed by atoms with Gasteiger partial charge in [0.25, 0.3) is 5.19 Å². The van der Waals surface area contributed by atoms with E-state index < -0.39 is 0 Å². The van der Waals surface area contributed by atoms with E-state index in [0.717, 1.165) is 5.75 Å². The highest BCUT2D eigenvalue weighted by Gasteiger charge is 2.04. The quantitative estimate of drug-likeness (QED) is 0.882. The Bertz CT molecular complexity index is 479. The molecular formula is C12H14N2OS. The predicted octanol–water partition coefficient (Wildman–Crippen LogP) is 3.64. The van der Waals surface area contributed by atoms with E-state index in [1.807, 2.05) is 18.2 Å². The first-order valence-electron chi connectivity index (χ1n) is 5.14. The molecule has 0 amide bonds. The minimum atomic E-state index is 0.491. The topological polar surface area (TPSA) is 48.1 Å². The van der Waals surface area contributed by atoms with Crippen molar-refractivity contribution in [1.82, 2.24) is 4.98 Å². The van der Waals surface area contributed by atoms with Crippen molar-refractivity contribution in [3.05, 3.63) is 36.0 Å². The monoisotopic (exact) mass is 234 g/mol. The molecule has 16 heavy (non-hydrogen) atoms. The van der Waals surface area contributed by atoms with Crippen LogP contribution in [0.5, 0.6) is 10.9 Å². The second kappa shape index (κ2) is 4.53. The first-order chi connectivity index (χ1) is 7.65. The molecule has 0 aliphatic heterocycles. The maximum atomic E-state index is 5.62. The lowest BCUT2D eigenvalue weighted by atomic mass is 10.0. The summed E-state index contributed by atoms with van der Waals surface area (Å²) in [5.41, 5.74) is 6.84. The lowest BCUT2D eigenvalue weighted by molar-refractivity contribution is 0.478. The number of nitrogen functional groups attached to an aromatic ring is 1. The van der Waals surface area contributed by atoms with Crippen LogP contribution in [-0.2, 0) is 0 Å². The average Bonchev–Trinajstić information content (AvgIpc) is 2.64. The van der Waals surface area contributed by atoms with E-state index in [1.165, 1.54) is 16.9 Å². The van der Waals surface area contributed by atoms with Crippen LogP contribution in [0.3, 0.4) is 0 Å². The van der Waals surface area contributed by atoms with E-state index in [4.69, 9.17) is 10.5 Å². The molecule has 0 spiro atoms. The number of anilines is 1. The smallest absolute Gasteiger partial charge is 0.280 e. The third-order valence-electron chi connectivity index (χ3n) is 2.23. The molecule has 3 nitrogen and oxygen atoms in total. The molecule has 1 aromatic heterocycles. The van der Waals surface area contributed by atoms with E-state index in [-0.39, 0.29) is 0 Å². The molecule has 0 saturated carbocycles. The van der Waals surface area contributed by atoms with Crippen molar-refractivity contribution in [1.29, 1.82) is 0 Å². The Labute approximate surface area is 98.9 Å². The summed E-state index contributed by atoms with van der Waals surface area (Å²) < 4.78 is 5.62. The van der Waals surface area contributed by atoms with Gasteiger partial charge in [-0.1, -0.05) is 37.3 Å². The standard InChI is InChI=1S/C12H14N2OS/c1-8(2)9-4-3-5-10(6-9)15-12-14-7-11(13)16-12/h3-8H,13H2,1-2H3. The zero-order valence-corrected chi connectivity index (χ0v) is 10.1. The summed E-state index contributed by atoms with van der Waals surface area (Å²) in [6.07, 6.45) is 1.60. The van der Waals surface area contributed by atoms with Gasteiger partial charge in [-0.25, -0.2) is 4.98 Å². The minimum Gasteiger partial charge on any atom is -0.431 e. The Morgan fingerprint density at radius 1 is 1.38 bits per heavy atom. The number of aromatic nitrogens is 1. The Hall–Kier alpha value is -1.55. The third kappa shape index (κ3) is 2.52. The summed E-state index contributed by atoms with van der Waals surface area (Å²) in [5.74, 6) is 1.30. The van der Waals surface area contributed by atoms with Crippen molar-refractivity contribution in [3.8, 4) is 10.9 Å². The van der Waals surface area contributed by atoms with E-state index in [2.05, 4.69) is 24.9 Å². The molecule has 0 saturated heterocycles. The summed E-state index contributed by atoms with van der Waals surface area (Å²) in [6.45, 7) is 4.31. The van der Waals surface area contributed by atoms with Gasteiger partial charge in [-0.15, -0.1) is 0 Å². The summed E-state index contributed by atoms with van der Waals surface area (Å²) in [4.78, 5) is 4.06. The minimum absolute atomic E-state index is 0.491. The van der Waals surface area contributed by atoms with Crippen LogP contribution in [0, 0.1) is 0 Å². The highest BCUT2D eigenvalue weighted by molar-refractivity contribution is 7.17. The normalized spacial score (nSPS) is 10.7. The first-order valence-corrected chi connectivity index (χ1v) is 5.96. The molecule has 1 aromatic carbocycles. The molecular weight excluding hydrogens is 220 g/mol. The van der Waals surface area contributed by atoms with Gasteiger partial charge in [0.2, 0.25) is 0 Å². The van der Waals surface area contributed by atoms with Gasteiger partial charge in [-0.3, -0.25) is 0 Å². The highest BCUT2D eigenvalue weighted by Crippen LogP contribution is 2.29. The van der Waals surface area contributed by atoms with E-state index >= 15 is 0 Å². The highest BCUT2D eigenvalue weighted by atomic mass is 32.1. The van der Waals surface area contributed by atoms with Crippen molar-refractivity contribution in [2.45, 2.75) is 19.8 Å².